The molecule has 0 fully saturated rings. The minimum Gasteiger partial charge on any atom is -0.309 e. The number of aromatic nitrogens is 2. The smallest absolute Gasteiger partial charge is 0.0541 e. The van der Waals surface area contributed by atoms with Crippen molar-refractivity contribution < 1.29 is 0 Å². The standard InChI is InChI=1S/C61H40N2/c1-61(2)54-19-8-5-15-46(54)47-29-28-43(36-55(47)61)63-57-21-10-7-17-49(57)52-34-39(25-31-59(52)63)38-24-30-58-51(33-38)48-16-6-9-20-56(48)62(58)42-26-22-37(23-27-42)41-32-40-12-11-18-50-44-13-3-4-14-45(44)53(35-41)60(40)50/h3-36H,1-2H3. The van der Waals surface area contributed by atoms with Crippen molar-refractivity contribution >= 4 is 54.4 Å². The number of benzene rings is 10. The number of para-hydroxylation sites is 2. The van der Waals surface area contributed by atoms with Crippen molar-refractivity contribution in [1.29, 1.82) is 0 Å². The van der Waals surface area contributed by atoms with Crippen LogP contribution in [0.4, 0.5) is 0 Å². The van der Waals surface area contributed by atoms with Crippen LogP contribution in [0.25, 0.3) is 121 Å². The first-order valence-electron chi connectivity index (χ1n) is 22.1. The van der Waals surface area contributed by atoms with Gasteiger partial charge in [0.05, 0.1) is 22.1 Å². The molecular weight excluding hydrogens is 761 g/mol. The van der Waals surface area contributed by atoms with E-state index in [1.807, 2.05) is 0 Å². The Kier molecular flexibility index (Phi) is 6.93. The highest BCUT2D eigenvalue weighted by atomic mass is 15.0. The van der Waals surface area contributed by atoms with E-state index < -0.39 is 0 Å². The summed E-state index contributed by atoms with van der Waals surface area (Å²) >= 11 is 0. The maximum absolute atomic E-state index is 2.46. The van der Waals surface area contributed by atoms with Crippen molar-refractivity contribution in [2.75, 3.05) is 0 Å². The van der Waals surface area contributed by atoms with Crippen LogP contribution >= 0.6 is 0 Å². The second kappa shape index (κ2) is 12.6. The summed E-state index contributed by atoms with van der Waals surface area (Å²) < 4.78 is 4.88. The van der Waals surface area contributed by atoms with Crippen LogP contribution in [0.1, 0.15) is 25.0 Å². The van der Waals surface area contributed by atoms with Gasteiger partial charge in [0.2, 0.25) is 0 Å². The first kappa shape index (κ1) is 34.7. The lowest BCUT2D eigenvalue weighted by Gasteiger charge is -2.22. The zero-order chi connectivity index (χ0) is 41.6. The molecule has 0 amide bonds. The summed E-state index contributed by atoms with van der Waals surface area (Å²) in [6.45, 7) is 4.72. The largest absolute Gasteiger partial charge is 0.309 e. The minimum atomic E-state index is -0.0640. The maximum atomic E-state index is 2.46. The van der Waals surface area contributed by atoms with Gasteiger partial charge in [-0.1, -0.05) is 147 Å². The van der Waals surface area contributed by atoms with E-state index in [1.165, 1.54) is 127 Å². The number of nitrogens with zero attached hydrogens (tertiary/aromatic N) is 2. The molecule has 0 N–H and O–H groups in total. The van der Waals surface area contributed by atoms with Gasteiger partial charge in [0.25, 0.3) is 0 Å². The van der Waals surface area contributed by atoms with Crippen molar-refractivity contribution in [3.63, 3.8) is 0 Å². The van der Waals surface area contributed by atoms with Crippen LogP contribution in [-0.2, 0) is 5.41 Å². The van der Waals surface area contributed by atoms with Crippen LogP contribution in [0, 0.1) is 0 Å². The van der Waals surface area contributed by atoms with Crippen molar-refractivity contribution in [2.24, 2.45) is 0 Å². The molecule has 63 heavy (non-hydrogen) atoms. The normalized spacial score (nSPS) is 13.4. The third-order valence-electron chi connectivity index (χ3n) is 14.4. The van der Waals surface area contributed by atoms with Gasteiger partial charge in [0.1, 0.15) is 0 Å². The molecule has 14 rings (SSSR count). The van der Waals surface area contributed by atoms with E-state index in [-0.39, 0.29) is 5.41 Å². The summed E-state index contributed by atoms with van der Waals surface area (Å²) in [6, 6.07) is 77.1. The predicted molar refractivity (Wildman–Crippen MR) is 265 cm³/mol. The Morgan fingerprint density at radius 2 is 0.825 bits per heavy atom. The van der Waals surface area contributed by atoms with Gasteiger partial charge in [-0.05, 0) is 150 Å². The molecule has 0 unspecified atom stereocenters. The summed E-state index contributed by atoms with van der Waals surface area (Å²) in [6.07, 6.45) is 0. The summed E-state index contributed by atoms with van der Waals surface area (Å²) in [5.41, 5.74) is 22.8. The minimum absolute atomic E-state index is 0.0640. The zero-order valence-electron chi connectivity index (χ0n) is 35.0. The van der Waals surface area contributed by atoms with Crippen molar-refractivity contribution in [3.8, 4) is 67.0 Å². The summed E-state index contributed by atoms with van der Waals surface area (Å²) in [7, 11) is 0. The molecule has 0 spiro atoms. The van der Waals surface area contributed by atoms with Crippen LogP contribution < -0.4 is 0 Å². The molecule has 2 aliphatic carbocycles. The molecule has 0 saturated heterocycles. The van der Waals surface area contributed by atoms with Crippen molar-refractivity contribution in [3.05, 3.63) is 217 Å². The lowest BCUT2D eigenvalue weighted by atomic mass is 9.82. The zero-order valence-corrected chi connectivity index (χ0v) is 35.0. The lowest BCUT2D eigenvalue weighted by molar-refractivity contribution is 0.660. The van der Waals surface area contributed by atoms with Gasteiger partial charge >= 0.3 is 0 Å². The van der Waals surface area contributed by atoms with Gasteiger partial charge in [0, 0.05) is 38.3 Å². The van der Waals surface area contributed by atoms with Crippen molar-refractivity contribution in [1.82, 2.24) is 9.13 Å². The second-order valence-electron chi connectivity index (χ2n) is 18.1. The highest BCUT2D eigenvalue weighted by molar-refractivity contribution is 6.17. The first-order chi connectivity index (χ1) is 31.0. The molecule has 0 aliphatic heterocycles. The lowest BCUT2D eigenvalue weighted by Crippen LogP contribution is -2.15. The molecule has 294 valence electrons. The molecule has 10 aromatic carbocycles. The Morgan fingerprint density at radius 1 is 0.302 bits per heavy atom. The van der Waals surface area contributed by atoms with E-state index in [0.717, 1.165) is 5.69 Å². The Hall–Kier alpha value is -7.94. The van der Waals surface area contributed by atoms with Crippen LogP contribution in [0.3, 0.4) is 0 Å². The first-order valence-corrected chi connectivity index (χ1v) is 22.1. The highest BCUT2D eigenvalue weighted by Crippen LogP contribution is 2.51. The molecule has 0 radical (unpaired) electrons. The average Bonchev–Trinajstić information content (AvgIpc) is 4.03. The van der Waals surface area contributed by atoms with Crippen LogP contribution in [0.15, 0.2) is 206 Å². The van der Waals surface area contributed by atoms with E-state index >= 15 is 0 Å². The summed E-state index contributed by atoms with van der Waals surface area (Å²) in [5, 5.41) is 7.69. The molecule has 2 nitrogen and oxygen atoms in total. The molecule has 2 heterocycles. The number of hydrogen-bond donors (Lipinski definition) is 0. The topological polar surface area (TPSA) is 9.86 Å². The van der Waals surface area contributed by atoms with E-state index in [1.54, 1.807) is 0 Å². The second-order valence-corrected chi connectivity index (χ2v) is 18.1. The molecule has 0 atom stereocenters. The monoisotopic (exact) mass is 800 g/mol. The molecule has 12 aromatic rings. The fourth-order valence-corrected chi connectivity index (χ4v) is 11.5. The fourth-order valence-electron chi connectivity index (χ4n) is 11.5. The van der Waals surface area contributed by atoms with E-state index in [0.29, 0.717) is 0 Å². The van der Waals surface area contributed by atoms with E-state index in [4.69, 9.17) is 0 Å². The Labute approximate surface area is 365 Å². The maximum Gasteiger partial charge on any atom is 0.0541 e. The highest BCUT2D eigenvalue weighted by Gasteiger charge is 2.35. The molecule has 0 bridgehead atoms. The van der Waals surface area contributed by atoms with Gasteiger partial charge in [-0.15, -0.1) is 0 Å². The van der Waals surface area contributed by atoms with Gasteiger partial charge in [-0.25, -0.2) is 0 Å². The van der Waals surface area contributed by atoms with Gasteiger partial charge in [-0.3, -0.25) is 0 Å². The molecule has 2 heteroatoms. The number of rotatable bonds is 4. The Bertz CT molecular complexity index is 3930. The molecule has 2 aliphatic rings. The molecule has 0 saturated carbocycles. The van der Waals surface area contributed by atoms with Crippen molar-refractivity contribution in [2.45, 2.75) is 19.3 Å². The molecular formula is C61H40N2. The van der Waals surface area contributed by atoms with E-state index in [2.05, 4.69) is 229 Å². The number of hydrogen-bond acceptors (Lipinski definition) is 0. The van der Waals surface area contributed by atoms with Gasteiger partial charge < -0.3 is 9.13 Å². The number of fused-ring (bicyclic) bond motifs is 12. The summed E-state index contributed by atoms with van der Waals surface area (Å²) in [5.74, 6) is 0. The third kappa shape index (κ3) is 4.78. The summed E-state index contributed by atoms with van der Waals surface area (Å²) in [4.78, 5) is 0. The molecule has 2 aromatic heterocycles. The van der Waals surface area contributed by atoms with Gasteiger partial charge in [0.15, 0.2) is 0 Å². The SMILES string of the molecule is CC1(C)c2ccccc2-c2ccc(-n3c4ccccc4c4cc(-c5ccc6c(c5)c5ccccc5n6-c5ccc(-c6cc7c8c(cccc8c6)-c6ccccc6-7)cc5)ccc43)cc21. The Morgan fingerprint density at radius 3 is 1.52 bits per heavy atom. The average molecular weight is 801 g/mol. The van der Waals surface area contributed by atoms with E-state index in [9.17, 15) is 0 Å². The van der Waals surface area contributed by atoms with Crippen LogP contribution in [-0.4, -0.2) is 9.13 Å². The Balaban J connectivity index is 0.861. The quantitative estimate of drug-likeness (QED) is 0.168. The van der Waals surface area contributed by atoms with Crippen LogP contribution in [0.2, 0.25) is 0 Å². The third-order valence-corrected chi connectivity index (χ3v) is 14.4. The van der Waals surface area contributed by atoms with Crippen LogP contribution in [0.5, 0.6) is 0 Å². The fraction of sp³-hybridized carbons (Fsp3) is 0.0492. The van der Waals surface area contributed by atoms with Gasteiger partial charge in [-0.2, -0.15) is 0 Å². The predicted octanol–water partition coefficient (Wildman–Crippen LogP) is 16.3.